The largest absolute Gasteiger partial charge is 0.493 e. The van der Waals surface area contributed by atoms with Crippen LogP contribution in [0.1, 0.15) is 29.2 Å². The molecule has 4 aromatic rings. The standard InChI is InChI=1S/C20H23NO5S.C20H25NO4/c1-24-19-10-7-17(15-20(19)25-2)4-3-16-5-8-18(9-6-16)27(22,23)21-11-13-26-14-12-21;1-4-21-18-10-7-16(8-11-18)5-6-17-9-12-19(24-14-22-2)20(13-17)25-15-23-3/h3-10,15H,11-14H2,1-2H3;5-13,21H,4,14-15H2,1-3H3. The second kappa shape index (κ2) is 20.9. The maximum atomic E-state index is 12.6. The first-order chi connectivity index (χ1) is 25.3. The van der Waals surface area contributed by atoms with E-state index in [0.717, 1.165) is 34.5 Å². The molecule has 4 aromatic carbocycles. The summed E-state index contributed by atoms with van der Waals surface area (Å²) >= 11 is 0. The smallest absolute Gasteiger partial charge is 0.243 e. The highest BCUT2D eigenvalue weighted by Gasteiger charge is 2.26. The molecule has 0 radical (unpaired) electrons. The molecule has 0 atom stereocenters. The minimum atomic E-state index is -3.46. The van der Waals surface area contributed by atoms with Crippen molar-refractivity contribution in [3.8, 4) is 23.0 Å². The van der Waals surface area contributed by atoms with Crippen LogP contribution in [0.2, 0.25) is 0 Å². The van der Waals surface area contributed by atoms with E-state index >= 15 is 0 Å². The molecule has 0 amide bonds. The highest BCUT2D eigenvalue weighted by molar-refractivity contribution is 7.89. The summed E-state index contributed by atoms with van der Waals surface area (Å²) in [5.74, 6) is 2.56. The van der Waals surface area contributed by atoms with Gasteiger partial charge in [-0.25, -0.2) is 8.42 Å². The van der Waals surface area contributed by atoms with E-state index in [1.54, 1.807) is 52.7 Å². The van der Waals surface area contributed by atoms with E-state index < -0.39 is 10.0 Å². The Hall–Kier alpha value is -4.85. The van der Waals surface area contributed by atoms with E-state index in [1.807, 2.05) is 54.6 Å². The van der Waals surface area contributed by atoms with Crippen LogP contribution in [0.25, 0.3) is 24.3 Å². The summed E-state index contributed by atoms with van der Waals surface area (Å²) < 4.78 is 63.5. The Morgan fingerprint density at radius 2 is 1.12 bits per heavy atom. The van der Waals surface area contributed by atoms with E-state index in [1.165, 1.54) is 4.31 Å². The molecule has 278 valence electrons. The lowest BCUT2D eigenvalue weighted by molar-refractivity contribution is 0.0322. The average Bonchev–Trinajstić information content (AvgIpc) is 3.19. The van der Waals surface area contributed by atoms with E-state index in [2.05, 4.69) is 42.6 Å². The maximum absolute atomic E-state index is 12.6. The topological polar surface area (TPSA) is 114 Å². The molecule has 0 aromatic heterocycles. The monoisotopic (exact) mass is 732 g/mol. The van der Waals surface area contributed by atoms with Gasteiger partial charge < -0.3 is 38.5 Å². The van der Waals surface area contributed by atoms with Crippen LogP contribution in [0.5, 0.6) is 23.0 Å². The van der Waals surface area contributed by atoms with Crippen molar-refractivity contribution >= 4 is 40.0 Å². The number of nitrogens with one attached hydrogen (secondary N) is 1. The molecule has 1 aliphatic rings. The zero-order chi connectivity index (χ0) is 37.2. The van der Waals surface area contributed by atoms with Crippen LogP contribution in [0.3, 0.4) is 0 Å². The van der Waals surface area contributed by atoms with Gasteiger partial charge in [-0.2, -0.15) is 4.31 Å². The van der Waals surface area contributed by atoms with Gasteiger partial charge in [0.25, 0.3) is 0 Å². The van der Waals surface area contributed by atoms with E-state index in [0.29, 0.717) is 54.2 Å². The third-order valence-electron chi connectivity index (χ3n) is 7.76. The molecule has 12 heteroatoms. The zero-order valence-corrected chi connectivity index (χ0v) is 31.2. The third kappa shape index (κ3) is 11.9. The van der Waals surface area contributed by atoms with Crippen molar-refractivity contribution in [3.63, 3.8) is 0 Å². The first kappa shape index (κ1) is 39.9. The number of nitrogens with zero attached hydrogens (tertiary/aromatic N) is 1. The molecule has 0 unspecified atom stereocenters. The molecule has 0 aliphatic carbocycles. The number of sulfonamides is 1. The number of hydrogen-bond donors (Lipinski definition) is 1. The van der Waals surface area contributed by atoms with Crippen LogP contribution in [0, 0.1) is 0 Å². The highest BCUT2D eigenvalue weighted by Crippen LogP contribution is 2.30. The number of benzene rings is 4. The number of hydrogen-bond acceptors (Lipinski definition) is 10. The van der Waals surface area contributed by atoms with Crippen LogP contribution in [-0.4, -0.2) is 87.6 Å². The van der Waals surface area contributed by atoms with Crippen molar-refractivity contribution < 1.29 is 41.6 Å². The number of methoxy groups -OCH3 is 4. The number of anilines is 1. The van der Waals surface area contributed by atoms with Crippen molar-refractivity contribution in [1.29, 1.82) is 0 Å². The van der Waals surface area contributed by atoms with Gasteiger partial charge in [0.15, 0.2) is 36.6 Å². The van der Waals surface area contributed by atoms with Gasteiger partial charge in [-0.05, 0) is 77.7 Å². The van der Waals surface area contributed by atoms with Gasteiger partial charge in [-0.1, -0.05) is 60.7 Å². The molecular weight excluding hydrogens is 685 g/mol. The molecule has 52 heavy (non-hydrogen) atoms. The summed E-state index contributed by atoms with van der Waals surface area (Å²) in [7, 11) is 2.89. The fourth-order valence-corrected chi connectivity index (χ4v) is 6.46. The van der Waals surface area contributed by atoms with Gasteiger partial charge in [0.1, 0.15) is 0 Å². The van der Waals surface area contributed by atoms with Crippen molar-refractivity contribution in [2.24, 2.45) is 0 Å². The zero-order valence-electron chi connectivity index (χ0n) is 30.4. The molecular formula is C40H48N2O9S. The number of morpholine rings is 1. The van der Waals surface area contributed by atoms with Crippen LogP contribution < -0.4 is 24.3 Å². The molecule has 1 heterocycles. The van der Waals surface area contributed by atoms with Gasteiger partial charge >= 0.3 is 0 Å². The molecule has 5 rings (SSSR count). The predicted octanol–water partition coefficient (Wildman–Crippen LogP) is 7.15. The Morgan fingerprint density at radius 3 is 1.65 bits per heavy atom. The van der Waals surface area contributed by atoms with Crippen LogP contribution >= 0.6 is 0 Å². The lowest BCUT2D eigenvalue weighted by Crippen LogP contribution is -2.40. The van der Waals surface area contributed by atoms with E-state index in [4.69, 9.17) is 33.2 Å². The Labute approximate surface area is 307 Å². The first-order valence-corrected chi connectivity index (χ1v) is 18.2. The lowest BCUT2D eigenvalue weighted by Gasteiger charge is -2.26. The Kier molecular flexibility index (Phi) is 16.0. The number of ether oxygens (including phenoxy) is 7. The maximum Gasteiger partial charge on any atom is 0.243 e. The fourth-order valence-electron chi connectivity index (χ4n) is 5.05. The summed E-state index contributed by atoms with van der Waals surface area (Å²) in [4.78, 5) is 0.299. The molecule has 1 aliphatic heterocycles. The van der Waals surface area contributed by atoms with E-state index in [9.17, 15) is 8.42 Å². The summed E-state index contributed by atoms with van der Waals surface area (Å²) in [6.45, 7) is 4.97. The molecule has 1 fully saturated rings. The summed E-state index contributed by atoms with van der Waals surface area (Å²) in [6, 6.07) is 26.5. The Morgan fingerprint density at radius 1 is 0.635 bits per heavy atom. The highest BCUT2D eigenvalue weighted by atomic mass is 32.2. The molecule has 1 N–H and O–H groups in total. The summed E-state index contributed by atoms with van der Waals surface area (Å²) in [6.07, 6.45) is 7.95. The quantitative estimate of drug-likeness (QED) is 0.0942. The minimum absolute atomic E-state index is 0.155. The van der Waals surface area contributed by atoms with Gasteiger partial charge in [0.05, 0.1) is 32.3 Å². The van der Waals surface area contributed by atoms with E-state index in [-0.39, 0.29) is 13.6 Å². The summed E-state index contributed by atoms with van der Waals surface area (Å²) in [5, 5.41) is 3.28. The predicted molar refractivity (Wildman–Crippen MR) is 205 cm³/mol. The SMILES string of the molecule is CCNc1ccc(C=Cc2ccc(OCOC)c(OCOC)c2)cc1.COc1ccc(C=Cc2ccc(S(=O)(=O)N3CCOCC3)cc2)cc1OC. The lowest BCUT2D eigenvalue weighted by atomic mass is 10.1. The first-order valence-electron chi connectivity index (χ1n) is 16.8. The van der Waals surface area contributed by atoms with Gasteiger partial charge in [-0.3, -0.25) is 0 Å². The second-order valence-corrected chi connectivity index (χ2v) is 13.3. The van der Waals surface area contributed by atoms with Crippen molar-refractivity contribution in [2.75, 3.05) is 80.2 Å². The van der Waals surface area contributed by atoms with Gasteiger partial charge in [-0.15, -0.1) is 0 Å². The molecule has 0 bridgehead atoms. The van der Waals surface area contributed by atoms with Crippen molar-refractivity contribution in [1.82, 2.24) is 4.31 Å². The van der Waals surface area contributed by atoms with Crippen LogP contribution in [0.4, 0.5) is 5.69 Å². The van der Waals surface area contributed by atoms with Gasteiger partial charge in [0.2, 0.25) is 10.0 Å². The van der Waals surface area contributed by atoms with Crippen molar-refractivity contribution in [3.05, 3.63) is 107 Å². The summed E-state index contributed by atoms with van der Waals surface area (Å²) in [5.41, 5.74) is 5.12. The van der Waals surface area contributed by atoms with Crippen LogP contribution in [0.15, 0.2) is 89.8 Å². The Balaban J connectivity index is 0.000000234. The Bertz CT molecular complexity index is 1840. The minimum Gasteiger partial charge on any atom is -0.493 e. The fraction of sp³-hybridized carbons (Fsp3) is 0.300. The van der Waals surface area contributed by atoms with Crippen molar-refractivity contribution in [2.45, 2.75) is 11.8 Å². The molecule has 11 nitrogen and oxygen atoms in total. The third-order valence-corrected chi connectivity index (χ3v) is 9.67. The second-order valence-electron chi connectivity index (χ2n) is 11.3. The van der Waals surface area contributed by atoms with Gasteiger partial charge in [0, 0.05) is 39.5 Å². The average molecular weight is 733 g/mol. The number of rotatable bonds is 16. The molecule has 1 saturated heterocycles. The molecule has 0 spiro atoms. The molecule has 0 saturated carbocycles. The van der Waals surface area contributed by atoms with Crippen LogP contribution in [-0.2, 0) is 24.2 Å². The normalized spacial score (nSPS) is 13.4.